The van der Waals surface area contributed by atoms with Gasteiger partial charge in [-0.1, -0.05) is 0 Å². The lowest BCUT2D eigenvalue weighted by molar-refractivity contribution is 0.111. The zero-order valence-corrected chi connectivity index (χ0v) is 12.2. The van der Waals surface area contributed by atoms with Crippen LogP contribution in [0.1, 0.15) is 29.6 Å². The maximum Gasteiger partial charge on any atom is 0.155 e. The molecule has 1 aromatic rings. The molecule has 1 saturated carbocycles. The first-order valence-corrected chi connectivity index (χ1v) is 7.57. The molecular formula is C16H19F3N2O. The Morgan fingerprint density at radius 1 is 1.32 bits per heavy atom. The fraction of sp³-hybridized carbons (Fsp3) is 0.562. The van der Waals surface area contributed by atoms with Crippen molar-refractivity contribution >= 4 is 12.0 Å². The summed E-state index contributed by atoms with van der Waals surface area (Å²) in [6.45, 7) is 2.04. The third kappa shape index (κ3) is 2.84. The van der Waals surface area contributed by atoms with E-state index in [0.29, 0.717) is 18.7 Å². The normalized spacial score (nSPS) is 23.0. The first-order valence-electron chi connectivity index (χ1n) is 7.57. The van der Waals surface area contributed by atoms with Gasteiger partial charge in [0.25, 0.3) is 0 Å². The van der Waals surface area contributed by atoms with Gasteiger partial charge in [-0.25, -0.2) is 8.78 Å². The highest BCUT2D eigenvalue weighted by atomic mass is 19.1. The van der Waals surface area contributed by atoms with Crippen LogP contribution in [0.15, 0.2) is 12.1 Å². The van der Waals surface area contributed by atoms with Gasteiger partial charge in [-0.05, 0) is 31.4 Å². The lowest BCUT2D eigenvalue weighted by Crippen LogP contribution is -2.30. The van der Waals surface area contributed by atoms with Crippen molar-refractivity contribution in [3.8, 4) is 0 Å². The molecule has 1 heterocycles. The molecule has 22 heavy (non-hydrogen) atoms. The van der Waals surface area contributed by atoms with Gasteiger partial charge in [-0.15, -0.1) is 0 Å². The number of carbonyl (C=O) groups excluding carboxylic acids is 1. The summed E-state index contributed by atoms with van der Waals surface area (Å²) in [5.74, 6) is -1.70. The maximum absolute atomic E-state index is 13.7. The van der Waals surface area contributed by atoms with Gasteiger partial charge in [0, 0.05) is 36.8 Å². The smallest absolute Gasteiger partial charge is 0.155 e. The molecule has 0 aromatic heterocycles. The second-order valence-electron chi connectivity index (χ2n) is 6.31. The van der Waals surface area contributed by atoms with E-state index < -0.39 is 17.2 Å². The van der Waals surface area contributed by atoms with Crippen LogP contribution in [0.5, 0.6) is 0 Å². The van der Waals surface area contributed by atoms with Gasteiger partial charge in [0.1, 0.15) is 11.6 Å². The minimum Gasteiger partial charge on any atom is -0.380 e. The van der Waals surface area contributed by atoms with Crippen molar-refractivity contribution in [3.63, 3.8) is 0 Å². The van der Waals surface area contributed by atoms with Crippen LogP contribution in [0, 0.1) is 17.0 Å². The third-order valence-electron chi connectivity index (χ3n) is 4.76. The second kappa shape index (κ2) is 5.91. The molecule has 0 bridgehead atoms. The van der Waals surface area contributed by atoms with E-state index in [2.05, 4.69) is 10.2 Å². The van der Waals surface area contributed by atoms with Gasteiger partial charge >= 0.3 is 0 Å². The lowest BCUT2D eigenvalue weighted by Gasteiger charge is -2.20. The number of nitrogens with one attached hydrogen (secondary N) is 1. The number of hydrogen-bond acceptors (Lipinski definition) is 3. The standard InChI is InChI=1S/C16H19F3N2O/c17-4-1-5-21-8-15(16(10-21)2-3-16)20-11-6-13(18)12(9-22)14(19)7-11/h6-7,9,15,20H,1-5,8,10H2. The third-order valence-corrected chi connectivity index (χ3v) is 4.76. The van der Waals surface area contributed by atoms with Crippen LogP contribution in [0.4, 0.5) is 18.9 Å². The predicted octanol–water partition coefficient (Wildman–Crippen LogP) is 3.01. The van der Waals surface area contributed by atoms with Gasteiger partial charge in [0.05, 0.1) is 12.2 Å². The molecule has 2 aliphatic rings. The molecule has 1 aliphatic heterocycles. The first-order chi connectivity index (χ1) is 10.6. The minimum absolute atomic E-state index is 0.105. The van der Waals surface area contributed by atoms with Gasteiger partial charge in [-0.2, -0.15) is 0 Å². The van der Waals surface area contributed by atoms with Crippen molar-refractivity contribution in [2.24, 2.45) is 5.41 Å². The van der Waals surface area contributed by atoms with Crippen molar-refractivity contribution in [2.45, 2.75) is 25.3 Å². The minimum atomic E-state index is -0.852. The molecule has 0 radical (unpaired) electrons. The van der Waals surface area contributed by atoms with Crippen LogP contribution in [-0.4, -0.2) is 43.5 Å². The number of alkyl halides is 1. The van der Waals surface area contributed by atoms with E-state index in [1.165, 1.54) is 0 Å². The zero-order valence-electron chi connectivity index (χ0n) is 12.2. The average molecular weight is 312 g/mol. The number of likely N-dealkylation sites (tertiary alicyclic amines) is 1. The molecule has 3 rings (SSSR count). The van der Waals surface area contributed by atoms with Crippen molar-refractivity contribution in [1.29, 1.82) is 0 Å². The van der Waals surface area contributed by atoms with Crippen LogP contribution < -0.4 is 5.32 Å². The monoisotopic (exact) mass is 312 g/mol. The van der Waals surface area contributed by atoms with Gasteiger partial charge < -0.3 is 10.2 Å². The van der Waals surface area contributed by atoms with Gasteiger partial charge in [0.2, 0.25) is 0 Å². The molecule has 0 amide bonds. The second-order valence-corrected chi connectivity index (χ2v) is 6.31. The Morgan fingerprint density at radius 2 is 2.00 bits per heavy atom. The first kappa shape index (κ1) is 15.3. The van der Waals surface area contributed by atoms with E-state index in [9.17, 15) is 18.0 Å². The summed E-state index contributed by atoms with van der Waals surface area (Å²) in [5, 5.41) is 3.20. The molecule has 1 N–H and O–H groups in total. The summed E-state index contributed by atoms with van der Waals surface area (Å²) in [4.78, 5) is 12.8. The van der Waals surface area contributed by atoms with E-state index in [1.807, 2.05) is 0 Å². The maximum atomic E-state index is 13.7. The Labute approximate surface area is 127 Å². The van der Waals surface area contributed by atoms with E-state index in [1.54, 1.807) is 0 Å². The fourth-order valence-corrected chi connectivity index (χ4v) is 3.37. The summed E-state index contributed by atoms with van der Waals surface area (Å²) in [5.41, 5.74) is -0.0426. The Balaban J connectivity index is 1.72. The Bertz CT molecular complexity index is 552. The predicted molar refractivity (Wildman–Crippen MR) is 77.9 cm³/mol. The Hall–Kier alpha value is -1.56. The van der Waals surface area contributed by atoms with Crippen LogP contribution in [-0.2, 0) is 0 Å². The van der Waals surface area contributed by atoms with Crippen molar-refractivity contribution < 1.29 is 18.0 Å². The summed E-state index contributed by atoms with van der Waals surface area (Å²) < 4.78 is 39.7. The summed E-state index contributed by atoms with van der Waals surface area (Å²) in [6, 6.07) is 2.42. The lowest BCUT2D eigenvalue weighted by atomic mass is 10.0. The van der Waals surface area contributed by atoms with Crippen molar-refractivity contribution in [3.05, 3.63) is 29.3 Å². The number of carbonyl (C=O) groups is 1. The Kier molecular flexibility index (Phi) is 4.12. The Morgan fingerprint density at radius 3 is 2.55 bits per heavy atom. The fourth-order valence-electron chi connectivity index (χ4n) is 3.37. The number of anilines is 1. The van der Waals surface area contributed by atoms with Crippen LogP contribution >= 0.6 is 0 Å². The van der Waals surface area contributed by atoms with E-state index in [0.717, 1.165) is 38.1 Å². The topological polar surface area (TPSA) is 32.3 Å². The van der Waals surface area contributed by atoms with Crippen LogP contribution in [0.25, 0.3) is 0 Å². The van der Waals surface area contributed by atoms with E-state index in [4.69, 9.17) is 0 Å². The van der Waals surface area contributed by atoms with Crippen LogP contribution in [0.2, 0.25) is 0 Å². The van der Waals surface area contributed by atoms with Gasteiger partial charge in [-0.3, -0.25) is 9.18 Å². The molecule has 1 aliphatic carbocycles. The van der Waals surface area contributed by atoms with E-state index >= 15 is 0 Å². The molecule has 3 nitrogen and oxygen atoms in total. The zero-order chi connectivity index (χ0) is 15.7. The van der Waals surface area contributed by atoms with E-state index in [-0.39, 0.29) is 24.4 Å². The molecule has 1 atom stereocenters. The number of benzene rings is 1. The number of aldehydes is 1. The molecule has 120 valence electrons. The van der Waals surface area contributed by atoms with Crippen LogP contribution in [0.3, 0.4) is 0 Å². The molecule has 1 spiro atoms. The summed E-state index contributed by atoms with van der Waals surface area (Å²) in [6.07, 6.45) is 2.85. The number of halogens is 3. The molecular weight excluding hydrogens is 293 g/mol. The molecule has 1 aromatic carbocycles. The summed E-state index contributed by atoms with van der Waals surface area (Å²) >= 11 is 0. The molecule has 1 saturated heterocycles. The SMILES string of the molecule is O=Cc1c(F)cc(NC2CN(CCCF)CC23CC3)cc1F. The summed E-state index contributed by atoms with van der Waals surface area (Å²) in [7, 11) is 0. The molecule has 6 heteroatoms. The highest BCUT2D eigenvalue weighted by Crippen LogP contribution is 2.53. The molecule has 2 fully saturated rings. The quantitative estimate of drug-likeness (QED) is 0.820. The number of hydrogen-bond donors (Lipinski definition) is 1. The number of nitrogens with zero attached hydrogens (tertiary/aromatic N) is 1. The molecule has 1 unspecified atom stereocenters. The largest absolute Gasteiger partial charge is 0.380 e. The van der Waals surface area contributed by atoms with Crippen molar-refractivity contribution in [2.75, 3.05) is 31.6 Å². The van der Waals surface area contributed by atoms with Crippen molar-refractivity contribution in [1.82, 2.24) is 4.90 Å². The van der Waals surface area contributed by atoms with Gasteiger partial charge in [0.15, 0.2) is 6.29 Å². The highest BCUT2D eigenvalue weighted by molar-refractivity contribution is 5.76. The average Bonchev–Trinajstić information content (AvgIpc) is 3.16. The highest BCUT2D eigenvalue weighted by Gasteiger charge is 2.54. The number of rotatable bonds is 6.